The third kappa shape index (κ3) is 4.20. The number of fused-ring (bicyclic) bond motifs is 1. The maximum atomic E-state index is 13.9. The van der Waals surface area contributed by atoms with E-state index in [4.69, 9.17) is 0 Å². The maximum Gasteiger partial charge on any atom is 0.225 e. The minimum absolute atomic E-state index is 0. The van der Waals surface area contributed by atoms with Crippen LogP contribution >= 0.6 is 12.4 Å². The highest BCUT2D eigenvalue weighted by Crippen LogP contribution is 2.29. The monoisotopic (exact) mass is 407 g/mol. The molecule has 1 aromatic heterocycles. The van der Waals surface area contributed by atoms with Crippen LogP contribution < -0.4 is 5.32 Å². The van der Waals surface area contributed by atoms with Gasteiger partial charge in [0.2, 0.25) is 5.91 Å². The highest BCUT2D eigenvalue weighted by Gasteiger charge is 2.30. The maximum absolute atomic E-state index is 13.9. The summed E-state index contributed by atoms with van der Waals surface area (Å²) in [6, 6.07) is 6.70. The number of likely N-dealkylation sites (tertiary alicyclic amines) is 1. The highest BCUT2D eigenvalue weighted by atomic mass is 35.5. The minimum Gasteiger partial charge on any atom is -0.342 e. The average Bonchev–Trinajstić information content (AvgIpc) is 3.13. The normalized spacial score (nSPS) is 18.3. The zero-order chi connectivity index (χ0) is 18.8. The van der Waals surface area contributed by atoms with E-state index >= 15 is 0 Å². The van der Waals surface area contributed by atoms with E-state index in [-0.39, 0.29) is 30.0 Å². The van der Waals surface area contributed by atoms with Crippen molar-refractivity contribution in [2.45, 2.75) is 45.2 Å². The Kier molecular flexibility index (Phi) is 6.67. The van der Waals surface area contributed by atoms with Crippen LogP contribution in [0.5, 0.6) is 0 Å². The molecule has 8 heteroatoms. The first-order valence-electron chi connectivity index (χ1n) is 9.78. The van der Waals surface area contributed by atoms with Gasteiger partial charge in [0.15, 0.2) is 0 Å². The van der Waals surface area contributed by atoms with Crippen molar-refractivity contribution in [1.29, 1.82) is 0 Å². The zero-order valence-corrected chi connectivity index (χ0v) is 16.9. The lowest BCUT2D eigenvalue weighted by Gasteiger charge is -2.33. The number of amides is 1. The van der Waals surface area contributed by atoms with Gasteiger partial charge in [-0.05, 0) is 30.9 Å². The van der Waals surface area contributed by atoms with E-state index in [2.05, 4.69) is 20.1 Å². The fraction of sp³-hybridized carbons (Fsp3) is 0.550. The van der Waals surface area contributed by atoms with E-state index < -0.39 is 0 Å². The number of nitrogens with one attached hydrogen (secondary N) is 1. The SMILES string of the molecule is CC(Cc1ccccc1F)C(=O)N1CCC(c2nnc3n2CCNC3)CC1.Cl. The molecule has 3 heterocycles. The third-order valence-corrected chi connectivity index (χ3v) is 5.73. The van der Waals surface area contributed by atoms with Gasteiger partial charge in [0.1, 0.15) is 17.5 Å². The molecule has 1 atom stereocenters. The second-order valence-corrected chi connectivity index (χ2v) is 7.60. The number of carbonyl (C=O) groups is 1. The first kappa shape index (κ1) is 20.7. The molecule has 0 bridgehead atoms. The molecule has 6 nitrogen and oxygen atoms in total. The second-order valence-electron chi connectivity index (χ2n) is 7.60. The lowest BCUT2D eigenvalue weighted by atomic mass is 9.93. The molecular weight excluding hydrogens is 381 g/mol. The van der Waals surface area contributed by atoms with Crippen molar-refractivity contribution in [2.24, 2.45) is 5.92 Å². The predicted octanol–water partition coefficient (Wildman–Crippen LogP) is 2.53. The molecule has 0 saturated carbocycles. The fourth-order valence-corrected chi connectivity index (χ4v) is 4.17. The Balaban J connectivity index is 0.00000225. The zero-order valence-electron chi connectivity index (χ0n) is 16.1. The topological polar surface area (TPSA) is 63.1 Å². The van der Waals surface area contributed by atoms with Crippen LogP contribution in [0.3, 0.4) is 0 Å². The van der Waals surface area contributed by atoms with Gasteiger partial charge in [0.05, 0.1) is 6.54 Å². The van der Waals surface area contributed by atoms with Gasteiger partial charge < -0.3 is 14.8 Å². The molecule has 0 spiro atoms. The van der Waals surface area contributed by atoms with E-state index in [1.54, 1.807) is 12.1 Å². The van der Waals surface area contributed by atoms with Crippen molar-refractivity contribution in [3.63, 3.8) is 0 Å². The average molecular weight is 408 g/mol. The number of nitrogens with zero attached hydrogens (tertiary/aromatic N) is 4. The lowest BCUT2D eigenvalue weighted by molar-refractivity contribution is -0.136. The summed E-state index contributed by atoms with van der Waals surface area (Å²) < 4.78 is 16.1. The minimum atomic E-state index is -0.234. The van der Waals surface area contributed by atoms with E-state index in [1.165, 1.54) is 6.07 Å². The Morgan fingerprint density at radius 3 is 2.75 bits per heavy atom. The smallest absolute Gasteiger partial charge is 0.225 e. The molecule has 1 saturated heterocycles. The van der Waals surface area contributed by atoms with Crippen molar-refractivity contribution in [2.75, 3.05) is 19.6 Å². The van der Waals surface area contributed by atoms with Crippen molar-refractivity contribution in [3.8, 4) is 0 Å². The number of aromatic nitrogens is 3. The van der Waals surface area contributed by atoms with Crippen LogP contribution in [-0.2, 0) is 24.3 Å². The third-order valence-electron chi connectivity index (χ3n) is 5.73. The molecule has 1 fully saturated rings. The number of halogens is 2. The largest absolute Gasteiger partial charge is 0.342 e. The standard InChI is InChI=1S/C20H26FN5O.ClH/c1-14(12-16-4-2-3-5-17(16)21)20(27)25-9-6-15(7-10-25)19-24-23-18-13-22-8-11-26(18)19;/h2-5,14-15,22H,6-13H2,1H3;1H. The molecule has 28 heavy (non-hydrogen) atoms. The summed E-state index contributed by atoms with van der Waals surface area (Å²) in [7, 11) is 0. The molecule has 1 aromatic carbocycles. The molecule has 2 aromatic rings. The van der Waals surface area contributed by atoms with Gasteiger partial charge in [-0.3, -0.25) is 4.79 Å². The summed E-state index contributed by atoms with van der Waals surface area (Å²) in [5.74, 6) is 2.10. The molecule has 1 amide bonds. The Bertz CT molecular complexity index is 819. The fourth-order valence-electron chi connectivity index (χ4n) is 4.17. The van der Waals surface area contributed by atoms with Gasteiger partial charge in [-0.1, -0.05) is 25.1 Å². The van der Waals surface area contributed by atoms with E-state index in [1.807, 2.05) is 17.9 Å². The lowest BCUT2D eigenvalue weighted by Crippen LogP contribution is -2.41. The molecule has 0 radical (unpaired) electrons. The number of carbonyl (C=O) groups excluding carboxylic acids is 1. The van der Waals surface area contributed by atoms with Crippen LogP contribution in [-0.4, -0.2) is 45.2 Å². The van der Waals surface area contributed by atoms with Crippen LogP contribution in [0.15, 0.2) is 24.3 Å². The predicted molar refractivity (Wildman–Crippen MR) is 107 cm³/mol. The number of benzene rings is 1. The van der Waals surface area contributed by atoms with Gasteiger partial charge in [-0.25, -0.2) is 4.39 Å². The second kappa shape index (κ2) is 9.01. The van der Waals surface area contributed by atoms with Gasteiger partial charge in [0, 0.05) is 38.0 Å². The van der Waals surface area contributed by atoms with Crippen molar-refractivity contribution in [1.82, 2.24) is 25.0 Å². The van der Waals surface area contributed by atoms with Crippen LogP contribution in [0.4, 0.5) is 4.39 Å². The molecule has 2 aliphatic heterocycles. The summed E-state index contributed by atoms with van der Waals surface area (Å²) in [6.07, 6.45) is 2.25. The van der Waals surface area contributed by atoms with E-state index in [0.29, 0.717) is 17.9 Å². The summed E-state index contributed by atoms with van der Waals surface area (Å²) in [5, 5.41) is 12.0. The number of hydrogen-bond acceptors (Lipinski definition) is 4. The number of rotatable bonds is 4. The van der Waals surface area contributed by atoms with Gasteiger partial charge in [-0.2, -0.15) is 0 Å². The summed E-state index contributed by atoms with van der Waals surface area (Å²) in [6.45, 7) is 5.98. The summed E-state index contributed by atoms with van der Waals surface area (Å²) in [4.78, 5) is 14.7. The number of hydrogen-bond donors (Lipinski definition) is 1. The first-order chi connectivity index (χ1) is 13.1. The van der Waals surface area contributed by atoms with Crippen LogP contribution in [0.25, 0.3) is 0 Å². The highest BCUT2D eigenvalue weighted by molar-refractivity contribution is 5.85. The van der Waals surface area contributed by atoms with Crippen molar-refractivity contribution < 1.29 is 9.18 Å². The van der Waals surface area contributed by atoms with Gasteiger partial charge in [-0.15, -0.1) is 22.6 Å². The summed E-state index contributed by atoms with van der Waals surface area (Å²) >= 11 is 0. The Hall–Kier alpha value is -1.99. The molecule has 0 aliphatic carbocycles. The Labute approximate surface area is 170 Å². The first-order valence-corrected chi connectivity index (χ1v) is 9.78. The Morgan fingerprint density at radius 2 is 2.00 bits per heavy atom. The quantitative estimate of drug-likeness (QED) is 0.845. The Morgan fingerprint density at radius 1 is 1.25 bits per heavy atom. The molecule has 4 rings (SSSR count). The van der Waals surface area contributed by atoms with E-state index in [0.717, 1.165) is 57.2 Å². The molecule has 1 N–H and O–H groups in total. The molecule has 1 unspecified atom stereocenters. The van der Waals surface area contributed by atoms with Crippen LogP contribution in [0, 0.1) is 11.7 Å². The molecular formula is C20H27ClFN5O. The van der Waals surface area contributed by atoms with Crippen molar-refractivity contribution >= 4 is 18.3 Å². The molecule has 152 valence electrons. The van der Waals surface area contributed by atoms with Crippen molar-refractivity contribution in [3.05, 3.63) is 47.3 Å². The van der Waals surface area contributed by atoms with Gasteiger partial charge >= 0.3 is 0 Å². The van der Waals surface area contributed by atoms with Crippen LogP contribution in [0.2, 0.25) is 0 Å². The molecule has 2 aliphatic rings. The number of piperidine rings is 1. The van der Waals surface area contributed by atoms with Gasteiger partial charge in [0.25, 0.3) is 0 Å². The van der Waals surface area contributed by atoms with E-state index in [9.17, 15) is 9.18 Å². The van der Waals surface area contributed by atoms with Crippen LogP contribution in [0.1, 0.15) is 42.9 Å². The summed E-state index contributed by atoms with van der Waals surface area (Å²) in [5.41, 5.74) is 0.608.